The molecule has 1 atom stereocenters. The number of amides is 1. The van der Waals surface area contributed by atoms with Crippen LogP contribution in [0.5, 0.6) is 0 Å². The van der Waals surface area contributed by atoms with Crippen molar-refractivity contribution >= 4 is 29.5 Å². The second kappa shape index (κ2) is 10.6. The molecule has 0 saturated carbocycles. The van der Waals surface area contributed by atoms with Gasteiger partial charge in [-0.1, -0.05) is 28.9 Å². The van der Waals surface area contributed by atoms with Crippen molar-refractivity contribution < 1.29 is 23.9 Å². The van der Waals surface area contributed by atoms with Crippen molar-refractivity contribution in [1.29, 1.82) is 0 Å². The third kappa shape index (κ3) is 9.69. The molecular formula is C18H26ClN3O5. The number of rotatable bonds is 8. The Morgan fingerprint density at radius 1 is 1.26 bits per heavy atom. The van der Waals surface area contributed by atoms with Gasteiger partial charge in [0.2, 0.25) is 6.61 Å². The van der Waals surface area contributed by atoms with Crippen LogP contribution in [0.15, 0.2) is 29.4 Å². The minimum absolute atomic E-state index is 0.0138. The maximum absolute atomic E-state index is 12.1. The minimum Gasteiger partial charge on any atom is -0.463 e. The molecule has 0 saturated heterocycles. The van der Waals surface area contributed by atoms with Crippen molar-refractivity contribution in [3.05, 3.63) is 34.9 Å². The monoisotopic (exact) mass is 399 g/mol. The Kier molecular flexibility index (Phi) is 8.87. The molecule has 1 aromatic carbocycles. The summed E-state index contributed by atoms with van der Waals surface area (Å²) in [5.41, 5.74) is 6.14. The molecule has 0 heterocycles. The van der Waals surface area contributed by atoms with Crippen LogP contribution in [0.4, 0.5) is 4.79 Å². The van der Waals surface area contributed by atoms with Gasteiger partial charge < -0.3 is 25.4 Å². The van der Waals surface area contributed by atoms with E-state index in [9.17, 15) is 9.59 Å². The molecule has 0 aliphatic rings. The van der Waals surface area contributed by atoms with Gasteiger partial charge in [-0.2, -0.15) is 0 Å². The number of halogens is 1. The summed E-state index contributed by atoms with van der Waals surface area (Å²) < 4.78 is 9.99. The zero-order valence-electron chi connectivity index (χ0n) is 16.0. The summed E-state index contributed by atoms with van der Waals surface area (Å²) in [5.74, 6) is -0.580. The molecular weight excluding hydrogens is 374 g/mol. The lowest BCUT2D eigenvalue weighted by atomic mass is 10.1. The van der Waals surface area contributed by atoms with Gasteiger partial charge in [0.05, 0.1) is 12.6 Å². The molecule has 3 N–H and O–H groups in total. The van der Waals surface area contributed by atoms with Crippen LogP contribution in [0.25, 0.3) is 0 Å². The van der Waals surface area contributed by atoms with Crippen molar-refractivity contribution in [1.82, 2.24) is 5.32 Å². The second-order valence-electron chi connectivity index (χ2n) is 6.62. The van der Waals surface area contributed by atoms with Crippen LogP contribution >= 0.6 is 11.6 Å². The Balaban J connectivity index is 2.83. The second-order valence-corrected chi connectivity index (χ2v) is 7.06. The fourth-order valence-corrected chi connectivity index (χ4v) is 2.09. The molecule has 27 heavy (non-hydrogen) atoms. The third-order valence-corrected chi connectivity index (χ3v) is 3.31. The third-order valence-electron chi connectivity index (χ3n) is 3.06. The number of carbonyl (C=O) groups is 2. The van der Waals surface area contributed by atoms with Gasteiger partial charge in [-0.25, -0.2) is 9.59 Å². The van der Waals surface area contributed by atoms with Gasteiger partial charge >= 0.3 is 12.1 Å². The fourth-order valence-electron chi connectivity index (χ4n) is 1.96. The fraction of sp³-hybridized carbons (Fsp3) is 0.500. The number of nitrogens with one attached hydrogen (secondary N) is 1. The molecule has 0 spiro atoms. The van der Waals surface area contributed by atoms with Crippen LogP contribution < -0.4 is 11.1 Å². The first-order valence-corrected chi connectivity index (χ1v) is 8.83. The number of hydrogen-bond acceptors (Lipinski definition) is 6. The summed E-state index contributed by atoms with van der Waals surface area (Å²) in [7, 11) is 0. The van der Waals surface area contributed by atoms with Gasteiger partial charge in [-0.05, 0) is 45.4 Å². The topological polar surface area (TPSA) is 112 Å². The lowest BCUT2D eigenvalue weighted by Crippen LogP contribution is -2.47. The van der Waals surface area contributed by atoms with Crippen LogP contribution in [0, 0.1) is 0 Å². The standard InChI is InChI=1S/C18H26ClN3O5/c1-5-25-15(23)11-26-22-16(20)14(21-17(24)27-18(2,3)4)10-12-6-8-13(19)9-7-12/h6-9,14H,5,10-11H2,1-4H3,(H2,20,22)(H,21,24)/t14-/m0/s1. The van der Waals surface area contributed by atoms with Crippen LogP contribution in [-0.2, 0) is 25.5 Å². The van der Waals surface area contributed by atoms with E-state index in [2.05, 4.69) is 10.5 Å². The molecule has 1 rings (SSSR count). The van der Waals surface area contributed by atoms with Crippen molar-refractivity contribution in [3.63, 3.8) is 0 Å². The number of alkyl carbamates (subject to hydrolysis) is 1. The largest absolute Gasteiger partial charge is 0.463 e. The van der Waals surface area contributed by atoms with Crippen molar-refractivity contribution in [2.75, 3.05) is 13.2 Å². The van der Waals surface area contributed by atoms with Gasteiger partial charge in [0.25, 0.3) is 0 Å². The highest BCUT2D eigenvalue weighted by Gasteiger charge is 2.22. The van der Waals surface area contributed by atoms with Crippen LogP contribution in [0.1, 0.15) is 33.3 Å². The highest BCUT2D eigenvalue weighted by molar-refractivity contribution is 6.30. The number of esters is 1. The first kappa shape index (κ1) is 22.6. The Bertz CT molecular complexity index is 656. The van der Waals surface area contributed by atoms with Crippen LogP contribution in [0.2, 0.25) is 5.02 Å². The maximum atomic E-state index is 12.1. The SMILES string of the molecule is CCOC(=O)CO/N=C(\N)[C@H](Cc1ccc(Cl)cc1)NC(=O)OC(C)(C)C. The van der Waals surface area contributed by atoms with Gasteiger partial charge in [-0.15, -0.1) is 0 Å². The smallest absolute Gasteiger partial charge is 0.408 e. The number of nitrogens with zero attached hydrogens (tertiary/aromatic N) is 1. The first-order valence-electron chi connectivity index (χ1n) is 8.45. The predicted molar refractivity (Wildman–Crippen MR) is 103 cm³/mol. The Morgan fingerprint density at radius 3 is 2.44 bits per heavy atom. The maximum Gasteiger partial charge on any atom is 0.408 e. The van der Waals surface area contributed by atoms with Crippen LogP contribution in [0.3, 0.4) is 0 Å². The molecule has 1 aromatic rings. The molecule has 0 radical (unpaired) electrons. The first-order chi connectivity index (χ1) is 12.6. The Morgan fingerprint density at radius 2 is 1.89 bits per heavy atom. The quantitative estimate of drug-likeness (QED) is 0.301. The lowest BCUT2D eigenvalue weighted by Gasteiger charge is -2.23. The van der Waals surface area contributed by atoms with E-state index in [1.54, 1.807) is 52.0 Å². The molecule has 0 bridgehead atoms. The summed E-state index contributed by atoms with van der Waals surface area (Å²) in [6.45, 7) is 6.79. The summed E-state index contributed by atoms with van der Waals surface area (Å²) >= 11 is 5.89. The van der Waals surface area contributed by atoms with Crippen molar-refractivity contribution in [2.24, 2.45) is 10.9 Å². The van der Waals surface area contributed by atoms with E-state index >= 15 is 0 Å². The van der Waals surface area contributed by atoms with E-state index in [1.165, 1.54) is 0 Å². The Labute approximate surface area is 164 Å². The van der Waals surface area contributed by atoms with E-state index in [0.29, 0.717) is 11.4 Å². The number of carbonyl (C=O) groups excluding carboxylic acids is 2. The van der Waals surface area contributed by atoms with Crippen LogP contribution in [-0.4, -0.2) is 42.8 Å². The molecule has 0 aliphatic carbocycles. The van der Waals surface area contributed by atoms with Crippen molar-refractivity contribution in [2.45, 2.75) is 45.8 Å². The predicted octanol–water partition coefficient (Wildman–Crippen LogP) is 2.63. The molecule has 0 aliphatic heterocycles. The average molecular weight is 400 g/mol. The summed E-state index contributed by atoms with van der Waals surface area (Å²) in [6, 6.07) is 6.36. The average Bonchev–Trinajstić information content (AvgIpc) is 2.54. The molecule has 150 valence electrons. The van der Waals surface area contributed by atoms with E-state index in [0.717, 1.165) is 5.56 Å². The molecule has 1 amide bonds. The molecule has 0 fully saturated rings. The minimum atomic E-state index is -0.705. The summed E-state index contributed by atoms with van der Waals surface area (Å²) in [6.07, 6.45) is -0.320. The highest BCUT2D eigenvalue weighted by atomic mass is 35.5. The van der Waals surface area contributed by atoms with Gasteiger partial charge in [0, 0.05) is 11.4 Å². The lowest BCUT2D eigenvalue weighted by molar-refractivity contribution is -0.148. The highest BCUT2D eigenvalue weighted by Crippen LogP contribution is 2.12. The normalized spacial score (nSPS) is 12.9. The molecule has 0 aromatic heterocycles. The Hall–Kier alpha value is -2.48. The molecule has 0 unspecified atom stereocenters. The number of nitrogens with two attached hydrogens (primary N) is 1. The van der Waals surface area contributed by atoms with Gasteiger partial charge in [0.15, 0.2) is 5.84 Å². The van der Waals surface area contributed by atoms with E-state index in [4.69, 9.17) is 31.6 Å². The van der Waals surface area contributed by atoms with E-state index in [1.807, 2.05) is 0 Å². The number of hydrogen-bond donors (Lipinski definition) is 2. The number of oxime groups is 1. The number of benzene rings is 1. The van der Waals surface area contributed by atoms with Gasteiger partial charge in [-0.3, -0.25) is 0 Å². The summed E-state index contributed by atoms with van der Waals surface area (Å²) in [5, 5.41) is 6.95. The van der Waals surface area contributed by atoms with E-state index in [-0.39, 0.29) is 19.0 Å². The zero-order valence-corrected chi connectivity index (χ0v) is 16.7. The van der Waals surface area contributed by atoms with Crippen molar-refractivity contribution in [3.8, 4) is 0 Å². The number of amidine groups is 1. The zero-order chi connectivity index (χ0) is 20.4. The van der Waals surface area contributed by atoms with E-state index < -0.39 is 23.7 Å². The summed E-state index contributed by atoms with van der Waals surface area (Å²) in [4.78, 5) is 28.3. The molecule has 9 heteroatoms. The molecule has 8 nitrogen and oxygen atoms in total. The number of ether oxygens (including phenoxy) is 2. The van der Waals surface area contributed by atoms with Gasteiger partial charge in [0.1, 0.15) is 5.60 Å².